The lowest BCUT2D eigenvalue weighted by molar-refractivity contribution is 1.12. The predicted octanol–water partition coefficient (Wildman–Crippen LogP) is 4.58. The van der Waals surface area contributed by atoms with Gasteiger partial charge in [-0.25, -0.2) is 9.97 Å². The van der Waals surface area contributed by atoms with E-state index in [-0.39, 0.29) is 0 Å². The van der Waals surface area contributed by atoms with E-state index in [1.807, 2.05) is 42.7 Å². The monoisotopic (exact) mass is 345 g/mol. The molecule has 3 nitrogen and oxygen atoms in total. The summed E-state index contributed by atoms with van der Waals surface area (Å²) < 4.78 is 1.14. The first-order chi connectivity index (χ1) is 9.83. The van der Waals surface area contributed by atoms with Crippen LogP contribution in [0.15, 0.2) is 58.6 Å². The van der Waals surface area contributed by atoms with Crippen LogP contribution < -0.4 is 5.32 Å². The Hall–Kier alpha value is -1.72. The summed E-state index contributed by atoms with van der Waals surface area (Å²) >= 11 is 5.24. The Bertz CT molecular complexity index is 680. The van der Waals surface area contributed by atoms with E-state index in [4.69, 9.17) is 0 Å². The van der Waals surface area contributed by atoms with Crippen molar-refractivity contribution in [2.75, 3.05) is 5.32 Å². The zero-order valence-electron chi connectivity index (χ0n) is 10.6. The van der Waals surface area contributed by atoms with Crippen LogP contribution in [0, 0.1) is 0 Å². The van der Waals surface area contributed by atoms with Crippen LogP contribution in [-0.2, 0) is 6.54 Å². The van der Waals surface area contributed by atoms with Gasteiger partial charge < -0.3 is 5.32 Å². The lowest BCUT2D eigenvalue weighted by Crippen LogP contribution is -2.00. The number of anilines is 1. The highest BCUT2D eigenvalue weighted by molar-refractivity contribution is 9.10. The van der Waals surface area contributed by atoms with Crippen molar-refractivity contribution in [1.29, 1.82) is 0 Å². The Kier molecular flexibility index (Phi) is 4.08. The van der Waals surface area contributed by atoms with Gasteiger partial charge in [-0.15, -0.1) is 11.3 Å². The molecule has 0 saturated carbocycles. The van der Waals surface area contributed by atoms with Crippen molar-refractivity contribution in [2.45, 2.75) is 6.54 Å². The van der Waals surface area contributed by atoms with Gasteiger partial charge >= 0.3 is 0 Å². The molecule has 3 aromatic rings. The van der Waals surface area contributed by atoms with Crippen LogP contribution in [0.3, 0.4) is 0 Å². The zero-order valence-corrected chi connectivity index (χ0v) is 13.0. The highest BCUT2D eigenvalue weighted by Gasteiger charge is 2.03. The molecule has 20 heavy (non-hydrogen) atoms. The van der Waals surface area contributed by atoms with Crippen LogP contribution in [-0.4, -0.2) is 9.97 Å². The van der Waals surface area contributed by atoms with Crippen molar-refractivity contribution in [3.63, 3.8) is 0 Å². The lowest BCUT2D eigenvalue weighted by atomic mass is 10.2. The molecule has 0 aliphatic heterocycles. The lowest BCUT2D eigenvalue weighted by Gasteiger charge is -2.05. The summed E-state index contributed by atoms with van der Waals surface area (Å²) in [7, 11) is 0. The molecule has 0 saturated heterocycles. The van der Waals surface area contributed by atoms with Gasteiger partial charge in [-0.1, -0.05) is 30.3 Å². The topological polar surface area (TPSA) is 37.8 Å². The quantitative estimate of drug-likeness (QED) is 0.751. The summed E-state index contributed by atoms with van der Waals surface area (Å²) in [5, 5.41) is 5.39. The fourth-order valence-corrected chi connectivity index (χ4v) is 3.22. The summed E-state index contributed by atoms with van der Waals surface area (Å²) in [6.07, 6.45) is 3.63. The molecule has 1 aromatic carbocycles. The Morgan fingerprint density at radius 1 is 1.05 bits per heavy atom. The number of benzene rings is 1. The molecule has 0 amide bonds. The molecule has 1 N–H and O–H groups in total. The standard InChI is InChI=1S/C15H12BrN3S/c16-13-6-7-20-14(13)10-17-12-8-18-15(19-9-12)11-4-2-1-3-5-11/h1-9,17H,10H2. The Labute approximate surface area is 129 Å². The number of hydrogen-bond acceptors (Lipinski definition) is 4. The maximum Gasteiger partial charge on any atom is 0.159 e. The molecule has 0 spiro atoms. The van der Waals surface area contributed by atoms with Gasteiger partial charge in [0, 0.05) is 14.9 Å². The SMILES string of the molecule is Brc1ccsc1CNc1cnc(-c2ccccc2)nc1. The Morgan fingerprint density at radius 2 is 1.80 bits per heavy atom. The van der Waals surface area contributed by atoms with Crippen LogP contribution in [0.25, 0.3) is 11.4 Å². The van der Waals surface area contributed by atoms with Gasteiger partial charge in [-0.05, 0) is 27.4 Å². The third-order valence-corrected chi connectivity index (χ3v) is 4.75. The van der Waals surface area contributed by atoms with Gasteiger partial charge in [0.15, 0.2) is 5.82 Å². The minimum absolute atomic E-state index is 0.744. The molecule has 0 aliphatic carbocycles. The van der Waals surface area contributed by atoms with Crippen molar-refractivity contribution < 1.29 is 0 Å². The second kappa shape index (κ2) is 6.15. The number of hydrogen-bond donors (Lipinski definition) is 1. The summed E-state index contributed by atoms with van der Waals surface area (Å²) in [6.45, 7) is 0.770. The maximum atomic E-state index is 4.39. The van der Waals surface area contributed by atoms with Gasteiger partial charge in [-0.2, -0.15) is 0 Å². The van der Waals surface area contributed by atoms with Gasteiger partial charge in [0.05, 0.1) is 24.6 Å². The first-order valence-corrected chi connectivity index (χ1v) is 7.83. The van der Waals surface area contributed by atoms with E-state index in [0.29, 0.717) is 0 Å². The Morgan fingerprint density at radius 3 is 2.45 bits per heavy atom. The van der Waals surface area contributed by atoms with Crippen molar-refractivity contribution >= 4 is 33.0 Å². The molecule has 0 unspecified atom stereocenters. The van der Waals surface area contributed by atoms with E-state index in [1.54, 1.807) is 11.3 Å². The molecule has 0 fully saturated rings. The molecule has 3 rings (SSSR count). The van der Waals surface area contributed by atoms with E-state index in [9.17, 15) is 0 Å². The third kappa shape index (κ3) is 3.05. The fraction of sp³-hybridized carbons (Fsp3) is 0.0667. The van der Waals surface area contributed by atoms with E-state index < -0.39 is 0 Å². The number of thiophene rings is 1. The first kappa shape index (κ1) is 13.3. The number of aromatic nitrogens is 2. The highest BCUT2D eigenvalue weighted by Crippen LogP contribution is 2.23. The molecule has 5 heteroatoms. The first-order valence-electron chi connectivity index (χ1n) is 6.16. The van der Waals surface area contributed by atoms with Gasteiger partial charge in [0.1, 0.15) is 0 Å². The van der Waals surface area contributed by atoms with E-state index in [0.717, 1.165) is 28.1 Å². The van der Waals surface area contributed by atoms with Crippen LogP contribution in [0.1, 0.15) is 4.88 Å². The molecule has 0 bridgehead atoms. The second-order valence-electron chi connectivity index (χ2n) is 4.21. The maximum absolute atomic E-state index is 4.39. The second-order valence-corrected chi connectivity index (χ2v) is 6.06. The Balaban J connectivity index is 1.69. The van der Waals surface area contributed by atoms with Crippen LogP contribution in [0.5, 0.6) is 0 Å². The average molecular weight is 346 g/mol. The van der Waals surface area contributed by atoms with Crippen LogP contribution >= 0.6 is 27.3 Å². The molecule has 100 valence electrons. The molecule has 0 radical (unpaired) electrons. The van der Waals surface area contributed by atoms with E-state index >= 15 is 0 Å². The fourth-order valence-electron chi connectivity index (χ4n) is 1.79. The summed E-state index contributed by atoms with van der Waals surface area (Å²) in [5.74, 6) is 0.744. The number of rotatable bonds is 4. The average Bonchev–Trinajstić information content (AvgIpc) is 2.92. The zero-order chi connectivity index (χ0) is 13.8. The van der Waals surface area contributed by atoms with Crippen molar-refractivity contribution in [3.8, 4) is 11.4 Å². The van der Waals surface area contributed by atoms with E-state index in [1.165, 1.54) is 4.88 Å². The van der Waals surface area contributed by atoms with Gasteiger partial charge in [-0.3, -0.25) is 0 Å². The smallest absolute Gasteiger partial charge is 0.159 e. The van der Waals surface area contributed by atoms with E-state index in [2.05, 4.69) is 42.7 Å². The third-order valence-electron chi connectivity index (χ3n) is 2.83. The van der Waals surface area contributed by atoms with Crippen molar-refractivity contribution in [1.82, 2.24) is 9.97 Å². The van der Waals surface area contributed by atoms with Gasteiger partial charge in [0.2, 0.25) is 0 Å². The van der Waals surface area contributed by atoms with Crippen LogP contribution in [0.4, 0.5) is 5.69 Å². The number of halogens is 1. The summed E-state index contributed by atoms with van der Waals surface area (Å²) in [6, 6.07) is 12.0. The van der Waals surface area contributed by atoms with Crippen LogP contribution in [0.2, 0.25) is 0 Å². The van der Waals surface area contributed by atoms with Crippen molar-refractivity contribution in [3.05, 3.63) is 63.5 Å². The number of nitrogens with zero attached hydrogens (tertiary/aromatic N) is 2. The largest absolute Gasteiger partial charge is 0.378 e. The molecule has 0 atom stereocenters. The molecule has 2 heterocycles. The number of nitrogens with one attached hydrogen (secondary N) is 1. The molecular formula is C15H12BrN3S. The molecule has 0 aliphatic rings. The molecule has 2 aromatic heterocycles. The summed E-state index contributed by atoms with van der Waals surface area (Å²) in [4.78, 5) is 10.0. The minimum atomic E-state index is 0.744. The highest BCUT2D eigenvalue weighted by atomic mass is 79.9. The van der Waals surface area contributed by atoms with Crippen molar-refractivity contribution in [2.24, 2.45) is 0 Å². The minimum Gasteiger partial charge on any atom is -0.378 e. The van der Waals surface area contributed by atoms with Gasteiger partial charge in [0.25, 0.3) is 0 Å². The summed E-state index contributed by atoms with van der Waals surface area (Å²) in [5.41, 5.74) is 1.95. The predicted molar refractivity (Wildman–Crippen MR) is 86.8 cm³/mol. The normalized spacial score (nSPS) is 10.4. The molecular weight excluding hydrogens is 334 g/mol.